The van der Waals surface area contributed by atoms with Crippen LogP contribution in [-0.4, -0.2) is 44.7 Å². The molecule has 0 saturated carbocycles. The number of hydrogen-bond donors (Lipinski definition) is 2. The molecular formula is C16H22N2O6S. The SMILES string of the molecule is C[C@H](NC(=O)OC(C)(C)C)C(=O)N=S(=O)(CC(=O)O)c1ccccc1. The Morgan fingerprint density at radius 2 is 1.80 bits per heavy atom. The van der Waals surface area contributed by atoms with Gasteiger partial charge in [0.25, 0.3) is 5.91 Å². The summed E-state index contributed by atoms with van der Waals surface area (Å²) in [5.74, 6) is -3.07. The maximum Gasteiger partial charge on any atom is 0.408 e. The Hall–Kier alpha value is -2.42. The van der Waals surface area contributed by atoms with Crippen LogP contribution in [0, 0.1) is 0 Å². The number of alkyl carbamates (subject to hydrolysis) is 1. The number of nitrogens with zero attached hydrogens (tertiary/aromatic N) is 1. The summed E-state index contributed by atoms with van der Waals surface area (Å²) in [5, 5.41) is 11.3. The van der Waals surface area contributed by atoms with Gasteiger partial charge in [-0.05, 0) is 39.8 Å². The van der Waals surface area contributed by atoms with Crippen molar-refractivity contribution in [2.24, 2.45) is 4.36 Å². The second-order valence-corrected chi connectivity index (χ2v) is 8.51. The number of carbonyl (C=O) groups is 3. The molecule has 0 aromatic heterocycles. The molecule has 2 amide bonds. The molecule has 0 aliphatic heterocycles. The lowest BCUT2D eigenvalue weighted by molar-refractivity contribution is -0.134. The number of carboxylic acids is 1. The van der Waals surface area contributed by atoms with Crippen LogP contribution in [0.2, 0.25) is 0 Å². The summed E-state index contributed by atoms with van der Waals surface area (Å²) in [6.07, 6.45) is -0.826. The number of benzene rings is 1. The predicted molar refractivity (Wildman–Crippen MR) is 91.6 cm³/mol. The summed E-state index contributed by atoms with van der Waals surface area (Å²) in [5.41, 5.74) is -0.745. The molecule has 8 nitrogen and oxygen atoms in total. The molecular weight excluding hydrogens is 348 g/mol. The molecule has 9 heteroatoms. The Balaban J connectivity index is 3.05. The van der Waals surface area contributed by atoms with Crippen molar-refractivity contribution in [2.75, 3.05) is 5.75 Å². The molecule has 1 aromatic carbocycles. The van der Waals surface area contributed by atoms with Gasteiger partial charge >= 0.3 is 12.1 Å². The molecule has 138 valence electrons. The van der Waals surface area contributed by atoms with Crippen molar-refractivity contribution >= 4 is 27.7 Å². The molecule has 1 rings (SSSR count). The first kappa shape index (κ1) is 20.6. The fraction of sp³-hybridized carbons (Fsp3) is 0.438. The third-order valence-electron chi connectivity index (χ3n) is 2.77. The van der Waals surface area contributed by atoms with Crippen LogP contribution in [0.25, 0.3) is 0 Å². The summed E-state index contributed by atoms with van der Waals surface area (Å²) in [6.45, 7) is 6.34. The van der Waals surface area contributed by atoms with Crippen molar-refractivity contribution in [1.29, 1.82) is 0 Å². The first-order valence-corrected chi connectivity index (χ1v) is 9.16. The monoisotopic (exact) mass is 370 g/mol. The zero-order valence-electron chi connectivity index (χ0n) is 14.5. The van der Waals surface area contributed by atoms with Crippen LogP contribution in [-0.2, 0) is 24.1 Å². The molecule has 0 radical (unpaired) electrons. The highest BCUT2D eigenvalue weighted by Gasteiger charge is 2.24. The van der Waals surface area contributed by atoms with Crippen LogP contribution in [0.5, 0.6) is 0 Å². The van der Waals surface area contributed by atoms with Crippen LogP contribution in [0.3, 0.4) is 0 Å². The highest BCUT2D eigenvalue weighted by Crippen LogP contribution is 2.15. The normalized spacial score (nSPS) is 14.7. The summed E-state index contributed by atoms with van der Waals surface area (Å²) < 4.78 is 21.5. The number of rotatable bonds is 5. The molecule has 0 saturated heterocycles. The summed E-state index contributed by atoms with van der Waals surface area (Å²) in [6, 6.07) is 6.56. The minimum absolute atomic E-state index is 0.134. The fourth-order valence-corrected chi connectivity index (χ4v) is 3.44. The van der Waals surface area contributed by atoms with Crippen LogP contribution in [0.4, 0.5) is 4.79 Å². The van der Waals surface area contributed by atoms with Crippen molar-refractivity contribution in [1.82, 2.24) is 5.32 Å². The van der Waals surface area contributed by atoms with E-state index in [0.717, 1.165) is 0 Å². The molecule has 25 heavy (non-hydrogen) atoms. The van der Waals surface area contributed by atoms with Gasteiger partial charge in [0.2, 0.25) is 0 Å². The smallest absolute Gasteiger partial charge is 0.408 e. The van der Waals surface area contributed by atoms with Gasteiger partial charge in [-0.25, -0.2) is 9.00 Å². The largest absolute Gasteiger partial charge is 0.481 e. The van der Waals surface area contributed by atoms with Gasteiger partial charge in [-0.1, -0.05) is 18.2 Å². The second kappa shape index (κ2) is 8.11. The van der Waals surface area contributed by atoms with Crippen molar-refractivity contribution in [3.8, 4) is 0 Å². The van der Waals surface area contributed by atoms with Gasteiger partial charge in [-0.3, -0.25) is 9.59 Å². The lowest BCUT2D eigenvalue weighted by Crippen LogP contribution is -2.41. The Bertz CT molecular complexity index is 761. The lowest BCUT2D eigenvalue weighted by Gasteiger charge is -2.21. The van der Waals surface area contributed by atoms with E-state index in [2.05, 4.69) is 9.68 Å². The third kappa shape index (κ3) is 6.92. The maximum absolute atomic E-state index is 12.9. The van der Waals surface area contributed by atoms with Crippen LogP contribution < -0.4 is 5.32 Å². The third-order valence-corrected chi connectivity index (χ3v) is 4.89. The highest BCUT2D eigenvalue weighted by atomic mass is 32.2. The number of carboxylic acid groups (broad SMARTS) is 1. The molecule has 0 aliphatic rings. The summed E-state index contributed by atoms with van der Waals surface area (Å²) in [7, 11) is -3.50. The number of aliphatic carboxylic acids is 1. The minimum atomic E-state index is -3.50. The first-order chi connectivity index (χ1) is 11.4. The lowest BCUT2D eigenvalue weighted by atomic mass is 10.2. The second-order valence-electron chi connectivity index (χ2n) is 6.29. The molecule has 1 aromatic rings. The topological polar surface area (TPSA) is 122 Å². The maximum atomic E-state index is 12.9. The van der Waals surface area contributed by atoms with Crippen LogP contribution in [0.15, 0.2) is 39.6 Å². The average molecular weight is 370 g/mol. The quantitative estimate of drug-likeness (QED) is 0.818. The van der Waals surface area contributed by atoms with E-state index < -0.39 is 45.1 Å². The molecule has 0 aliphatic carbocycles. The average Bonchev–Trinajstić information content (AvgIpc) is 2.45. The van der Waals surface area contributed by atoms with E-state index in [1.54, 1.807) is 39.0 Å². The van der Waals surface area contributed by atoms with Crippen LogP contribution in [0.1, 0.15) is 27.7 Å². The van der Waals surface area contributed by atoms with Gasteiger partial charge in [0.05, 0.1) is 9.73 Å². The Labute approximate surface area is 146 Å². The number of amides is 2. The molecule has 1 unspecified atom stereocenters. The zero-order valence-corrected chi connectivity index (χ0v) is 15.3. The fourth-order valence-electron chi connectivity index (χ4n) is 1.74. The van der Waals surface area contributed by atoms with E-state index in [4.69, 9.17) is 9.84 Å². The van der Waals surface area contributed by atoms with E-state index in [0.29, 0.717) is 0 Å². The molecule has 2 atom stereocenters. The Morgan fingerprint density at radius 3 is 2.28 bits per heavy atom. The van der Waals surface area contributed by atoms with E-state index in [1.807, 2.05) is 0 Å². The predicted octanol–water partition coefficient (Wildman–Crippen LogP) is 2.04. The molecule has 2 N–H and O–H groups in total. The zero-order chi connectivity index (χ0) is 19.3. The first-order valence-electron chi connectivity index (χ1n) is 7.48. The Morgan fingerprint density at radius 1 is 1.24 bits per heavy atom. The standard InChI is InChI=1S/C16H22N2O6S/c1-11(17-15(22)24-16(2,3)4)14(21)18-25(23,10-13(19)20)12-8-6-5-7-9-12/h5-9,11H,10H2,1-4H3,(H,17,22)(H,19,20)/t11-,25?/m0/s1. The number of ether oxygens (including phenoxy) is 1. The molecule has 0 bridgehead atoms. The van der Waals surface area contributed by atoms with Crippen molar-refractivity contribution in [3.05, 3.63) is 30.3 Å². The van der Waals surface area contributed by atoms with Crippen molar-refractivity contribution < 1.29 is 28.4 Å². The van der Waals surface area contributed by atoms with Crippen molar-refractivity contribution in [2.45, 2.75) is 44.2 Å². The summed E-state index contributed by atoms with van der Waals surface area (Å²) >= 11 is 0. The van der Waals surface area contributed by atoms with Gasteiger partial charge < -0.3 is 15.2 Å². The van der Waals surface area contributed by atoms with Gasteiger partial charge in [0.15, 0.2) is 0 Å². The van der Waals surface area contributed by atoms with Gasteiger partial charge in [0.1, 0.15) is 17.4 Å². The van der Waals surface area contributed by atoms with E-state index in [-0.39, 0.29) is 4.90 Å². The minimum Gasteiger partial charge on any atom is -0.481 e. The Kier molecular flexibility index (Phi) is 6.69. The van der Waals surface area contributed by atoms with Crippen LogP contribution >= 0.6 is 0 Å². The molecule has 0 heterocycles. The number of carbonyl (C=O) groups excluding carboxylic acids is 2. The molecule has 0 spiro atoms. The molecule has 0 fully saturated rings. The van der Waals surface area contributed by atoms with Gasteiger partial charge in [-0.15, -0.1) is 0 Å². The van der Waals surface area contributed by atoms with Gasteiger partial charge in [-0.2, -0.15) is 4.36 Å². The van der Waals surface area contributed by atoms with E-state index in [9.17, 15) is 18.6 Å². The number of nitrogens with one attached hydrogen (secondary N) is 1. The number of hydrogen-bond acceptors (Lipinski definition) is 5. The van der Waals surface area contributed by atoms with Gasteiger partial charge in [0, 0.05) is 4.90 Å². The van der Waals surface area contributed by atoms with E-state index >= 15 is 0 Å². The highest BCUT2D eigenvalue weighted by molar-refractivity contribution is 7.94. The van der Waals surface area contributed by atoms with Crippen molar-refractivity contribution in [3.63, 3.8) is 0 Å². The summed E-state index contributed by atoms with van der Waals surface area (Å²) in [4.78, 5) is 35.1. The van der Waals surface area contributed by atoms with E-state index in [1.165, 1.54) is 19.1 Å².